The van der Waals surface area contributed by atoms with Crippen LogP contribution in [0.25, 0.3) is 0 Å². The Labute approximate surface area is 105 Å². The molecule has 1 atom stereocenters. The van der Waals surface area contributed by atoms with E-state index in [2.05, 4.69) is 17.5 Å². The van der Waals surface area contributed by atoms with E-state index in [4.69, 9.17) is 5.26 Å². The van der Waals surface area contributed by atoms with Crippen LogP contribution in [0, 0.1) is 11.3 Å². The van der Waals surface area contributed by atoms with Crippen LogP contribution in [0.3, 0.4) is 0 Å². The van der Waals surface area contributed by atoms with Crippen LogP contribution in [0.15, 0.2) is 29.2 Å². The van der Waals surface area contributed by atoms with Crippen molar-refractivity contribution in [1.82, 2.24) is 5.32 Å². The van der Waals surface area contributed by atoms with E-state index in [9.17, 15) is 4.79 Å². The Morgan fingerprint density at radius 2 is 2.35 bits per heavy atom. The van der Waals surface area contributed by atoms with E-state index in [0.29, 0.717) is 13.0 Å². The molecule has 1 aliphatic rings. The molecule has 1 aromatic rings. The van der Waals surface area contributed by atoms with Gasteiger partial charge in [0.25, 0.3) is 0 Å². The molecular formula is C13H14N2OS. The van der Waals surface area contributed by atoms with Gasteiger partial charge in [-0.05, 0) is 18.1 Å². The van der Waals surface area contributed by atoms with Gasteiger partial charge in [-0.2, -0.15) is 5.26 Å². The number of benzene rings is 1. The second-order valence-electron chi connectivity index (χ2n) is 3.95. The topological polar surface area (TPSA) is 52.9 Å². The SMILES string of the molecule is N#CCCCNC(=O)C1CSc2ccccc21. The number of hydrogen-bond acceptors (Lipinski definition) is 3. The molecule has 1 N–H and O–H groups in total. The van der Waals surface area contributed by atoms with Crippen LogP contribution in [-0.4, -0.2) is 18.2 Å². The van der Waals surface area contributed by atoms with E-state index in [1.807, 2.05) is 18.2 Å². The highest BCUT2D eigenvalue weighted by Crippen LogP contribution is 2.39. The van der Waals surface area contributed by atoms with Crippen molar-refractivity contribution in [3.63, 3.8) is 0 Å². The molecule has 0 saturated carbocycles. The molecule has 0 fully saturated rings. The van der Waals surface area contributed by atoms with Gasteiger partial charge in [0, 0.05) is 23.6 Å². The first-order valence-electron chi connectivity index (χ1n) is 5.69. The first kappa shape index (κ1) is 12.0. The largest absolute Gasteiger partial charge is 0.356 e. The Kier molecular flexibility index (Phi) is 4.05. The molecule has 17 heavy (non-hydrogen) atoms. The molecule has 1 amide bonds. The van der Waals surface area contributed by atoms with Crippen LogP contribution in [0.1, 0.15) is 24.3 Å². The molecule has 88 valence electrons. The number of amides is 1. The smallest absolute Gasteiger partial charge is 0.228 e. The summed E-state index contributed by atoms with van der Waals surface area (Å²) in [6.45, 7) is 0.593. The predicted molar refractivity (Wildman–Crippen MR) is 67.8 cm³/mol. The Hall–Kier alpha value is -1.47. The third-order valence-corrected chi connectivity index (χ3v) is 3.96. The molecule has 0 saturated heterocycles. The fourth-order valence-corrected chi connectivity index (χ4v) is 3.11. The molecule has 2 rings (SSSR count). The number of nitriles is 1. The first-order chi connectivity index (χ1) is 8.33. The lowest BCUT2D eigenvalue weighted by Crippen LogP contribution is -2.30. The second-order valence-corrected chi connectivity index (χ2v) is 5.02. The lowest BCUT2D eigenvalue weighted by atomic mass is 10.0. The molecule has 3 nitrogen and oxygen atoms in total. The minimum atomic E-state index is -0.0294. The van der Waals surface area contributed by atoms with Crippen molar-refractivity contribution < 1.29 is 4.79 Å². The maximum atomic E-state index is 12.0. The quantitative estimate of drug-likeness (QED) is 0.829. The number of unbranched alkanes of at least 4 members (excludes halogenated alkanes) is 1. The number of carbonyl (C=O) groups is 1. The van der Waals surface area contributed by atoms with Crippen molar-refractivity contribution in [3.8, 4) is 6.07 Å². The number of nitrogens with zero attached hydrogens (tertiary/aromatic N) is 1. The van der Waals surface area contributed by atoms with Crippen LogP contribution < -0.4 is 5.32 Å². The standard InChI is InChI=1S/C13H14N2OS/c14-7-3-4-8-15-13(16)11-9-17-12-6-2-1-5-10(11)12/h1-2,5-6,11H,3-4,8-9H2,(H,15,16). The summed E-state index contributed by atoms with van der Waals surface area (Å²) in [6, 6.07) is 10.1. The number of hydrogen-bond donors (Lipinski definition) is 1. The van der Waals surface area contributed by atoms with Crippen LogP contribution in [-0.2, 0) is 4.79 Å². The molecule has 0 spiro atoms. The average Bonchev–Trinajstić information content (AvgIpc) is 2.78. The second kappa shape index (κ2) is 5.74. The molecule has 1 aliphatic heterocycles. The third-order valence-electron chi connectivity index (χ3n) is 2.78. The summed E-state index contributed by atoms with van der Waals surface area (Å²) in [7, 11) is 0. The molecule has 1 aromatic carbocycles. The van der Waals surface area contributed by atoms with Crippen LogP contribution in [0.4, 0.5) is 0 Å². The van der Waals surface area contributed by atoms with E-state index in [-0.39, 0.29) is 11.8 Å². The van der Waals surface area contributed by atoms with Crippen molar-refractivity contribution >= 4 is 17.7 Å². The van der Waals surface area contributed by atoms with Gasteiger partial charge in [0.05, 0.1) is 12.0 Å². The summed E-state index contributed by atoms with van der Waals surface area (Å²) in [4.78, 5) is 13.2. The summed E-state index contributed by atoms with van der Waals surface area (Å²) >= 11 is 1.73. The van der Waals surface area contributed by atoms with Gasteiger partial charge in [-0.15, -0.1) is 11.8 Å². The van der Waals surface area contributed by atoms with Gasteiger partial charge in [-0.25, -0.2) is 0 Å². The van der Waals surface area contributed by atoms with E-state index in [1.54, 1.807) is 11.8 Å². The fourth-order valence-electron chi connectivity index (χ4n) is 1.88. The van der Waals surface area contributed by atoms with Crippen molar-refractivity contribution in [2.75, 3.05) is 12.3 Å². The van der Waals surface area contributed by atoms with Gasteiger partial charge in [0.1, 0.15) is 0 Å². The van der Waals surface area contributed by atoms with Gasteiger partial charge < -0.3 is 5.32 Å². The third kappa shape index (κ3) is 2.80. The molecule has 1 unspecified atom stereocenters. The van der Waals surface area contributed by atoms with Crippen molar-refractivity contribution in [3.05, 3.63) is 29.8 Å². The number of rotatable bonds is 4. The highest BCUT2D eigenvalue weighted by atomic mass is 32.2. The summed E-state index contributed by atoms with van der Waals surface area (Å²) in [5.41, 5.74) is 1.13. The molecule has 0 aliphatic carbocycles. The first-order valence-corrected chi connectivity index (χ1v) is 6.68. The number of fused-ring (bicyclic) bond motifs is 1. The van der Waals surface area contributed by atoms with Crippen molar-refractivity contribution in [1.29, 1.82) is 5.26 Å². The van der Waals surface area contributed by atoms with Gasteiger partial charge in [0.2, 0.25) is 5.91 Å². The normalized spacial score (nSPS) is 17.2. The molecule has 0 radical (unpaired) electrons. The average molecular weight is 246 g/mol. The van der Waals surface area contributed by atoms with Gasteiger partial charge in [0.15, 0.2) is 0 Å². The van der Waals surface area contributed by atoms with Crippen LogP contribution in [0.2, 0.25) is 0 Å². The lowest BCUT2D eigenvalue weighted by Gasteiger charge is -2.10. The number of nitrogens with one attached hydrogen (secondary N) is 1. The maximum absolute atomic E-state index is 12.0. The maximum Gasteiger partial charge on any atom is 0.228 e. The van der Waals surface area contributed by atoms with Gasteiger partial charge >= 0.3 is 0 Å². The number of thioether (sulfide) groups is 1. The van der Waals surface area contributed by atoms with Crippen molar-refractivity contribution in [2.24, 2.45) is 0 Å². The minimum absolute atomic E-state index is 0.0294. The Morgan fingerprint density at radius 1 is 1.53 bits per heavy atom. The Bertz CT molecular complexity index is 453. The summed E-state index contributed by atoms with van der Waals surface area (Å²) in [5, 5.41) is 11.3. The minimum Gasteiger partial charge on any atom is -0.356 e. The summed E-state index contributed by atoms with van der Waals surface area (Å²) < 4.78 is 0. The Balaban J connectivity index is 1.92. The van der Waals surface area contributed by atoms with E-state index < -0.39 is 0 Å². The predicted octanol–water partition coefficient (Wildman–Crippen LogP) is 2.30. The highest BCUT2D eigenvalue weighted by Gasteiger charge is 2.28. The van der Waals surface area contributed by atoms with Gasteiger partial charge in [-0.3, -0.25) is 4.79 Å². The molecule has 0 aromatic heterocycles. The Morgan fingerprint density at radius 3 is 3.18 bits per heavy atom. The molecule has 0 bridgehead atoms. The van der Waals surface area contributed by atoms with Crippen molar-refractivity contribution in [2.45, 2.75) is 23.7 Å². The zero-order valence-electron chi connectivity index (χ0n) is 9.48. The number of carbonyl (C=O) groups excluding carboxylic acids is 1. The van der Waals surface area contributed by atoms with E-state index in [1.165, 1.54) is 4.90 Å². The molecular weight excluding hydrogens is 232 g/mol. The molecule has 4 heteroatoms. The van der Waals surface area contributed by atoms with E-state index in [0.717, 1.165) is 17.7 Å². The highest BCUT2D eigenvalue weighted by molar-refractivity contribution is 7.99. The van der Waals surface area contributed by atoms with Crippen LogP contribution >= 0.6 is 11.8 Å². The van der Waals surface area contributed by atoms with E-state index >= 15 is 0 Å². The summed E-state index contributed by atoms with van der Waals surface area (Å²) in [6.07, 6.45) is 1.22. The lowest BCUT2D eigenvalue weighted by molar-refractivity contribution is -0.122. The molecule has 1 heterocycles. The van der Waals surface area contributed by atoms with Crippen LogP contribution in [0.5, 0.6) is 0 Å². The summed E-state index contributed by atoms with van der Waals surface area (Å²) in [5.74, 6) is 0.877. The monoisotopic (exact) mass is 246 g/mol. The van der Waals surface area contributed by atoms with Gasteiger partial charge in [-0.1, -0.05) is 18.2 Å². The zero-order valence-corrected chi connectivity index (χ0v) is 10.3. The fraction of sp³-hybridized carbons (Fsp3) is 0.385. The zero-order chi connectivity index (χ0) is 12.1.